The van der Waals surface area contributed by atoms with Crippen LogP contribution in [-0.2, 0) is 9.53 Å². The minimum atomic E-state index is -1.46. The third-order valence-corrected chi connectivity index (χ3v) is 2.25. The molecule has 0 radical (unpaired) electrons. The Morgan fingerprint density at radius 2 is 1.71 bits per heavy atom. The maximum absolute atomic E-state index is 10.6. The van der Waals surface area contributed by atoms with E-state index in [1.807, 2.05) is 0 Å². The van der Waals surface area contributed by atoms with E-state index < -0.39 is 36.5 Å². The van der Waals surface area contributed by atoms with Crippen molar-refractivity contribution in [3.63, 3.8) is 0 Å². The maximum Gasteiger partial charge on any atom is 0.303 e. The monoisotopic (exact) mass is 206 g/mol. The number of ether oxygens (including phenoxy) is 1. The van der Waals surface area contributed by atoms with E-state index in [9.17, 15) is 20.1 Å². The van der Waals surface area contributed by atoms with Crippen LogP contribution < -0.4 is 0 Å². The highest BCUT2D eigenvalue weighted by molar-refractivity contribution is 5.66. The van der Waals surface area contributed by atoms with Crippen molar-refractivity contribution in [2.45, 2.75) is 43.9 Å². The first-order chi connectivity index (χ1) is 6.43. The van der Waals surface area contributed by atoms with Crippen LogP contribution in [0.25, 0.3) is 0 Å². The van der Waals surface area contributed by atoms with Gasteiger partial charge in [-0.05, 0) is 0 Å². The van der Waals surface area contributed by atoms with Crippen molar-refractivity contribution in [1.29, 1.82) is 0 Å². The molecule has 14 heavy (non-hydrogen) atoms. The Hall–Kier alpha value is -0.690. The summed E-state index contributed by atoms with van der Waals surface area (Å²) < 4.78 is 4.62. The average Bonchev–Trinajstić information content (AvgIpc) is 2.09. The molecular weight excluding hydrogens is 192 g/mol. The minimum absolute atomic E-state index is 0.129. The molecule has 1 aliphatic rings. The molecule has 0 aromatic heterocycles. The molecule has 5 atom stereocenters. The van der Waals surface area contributed by atoms with Crippen molar-refractivity contribution in [2.24, 2.45) is 0 Å². The van der Waals surface area contributed by atoms with Crippen molar-refractivity contribution in [3.05, 3.63) is 0 Å². The Morgan fingerprint density at radius 1 is 1.14 bits per heavy atom. The van der Waals surface area contributed by atoms with Gasteiger partial charge in [-0.2, -0.15) is 0 Å². The smallest absolute Gasteiger partial charge is 0.303 e. The van der Waals surface area contributed by atoms with Gasteiger partial charge in [0.1, 0.15) is 12.2 Å². The summed E-state index contributed by atoms with van der Waals surface area (Å²) in [6.07, 6.45) is -6.53. The van der Waals surface area contributed by atoms with Crippen molar-refractivity contribution < 1.29 is 30.0 Å². The standard InChI is InChI=1S/C8H14O6/c1-3(9)14-8-5(11)2-4(10)6(12)7(8)13/h4-8,10-13H,2H2,1H3/t4-,5+,6+,7-,8-/m0/s1. The molecule has 4 N–H and O–H groups in total. The van der Waals surface area contributed by atoms with Crippen molar-refractivity contribution >= 4 is 5.97 Å². The maximum atomic E-state index is 10.6. The second-order valence-electron chi connectivity index (χ2n) is 3.43. The summed E-state index contributed by atoms with van der Waals surface area (Å²) in [5, 5.41) is 37.2. The van der Waals surface area contributed by atoms with Gasteiger partial charge in [0.15, 0.2) is 6.10 Å². The quantitative estimate of drug-likeness (QED) is 0.361. The molecule has 6 nitrogen and oxygen atoms in total. The van der Waals surface area contributed by atoms with Gasteiger partial charge >= 0.3 is 5.97 Å². The third kappa shape index (κ3) is 2.21. The molecule has 0 bridgehead atoms. The summed E-state index contributed by atoms with van der Waals surface area (Å²) in [4.78, 5) is 10.6. The van der Waals surface area contributed by atoms with E-state index in [4.69, 9.17) is 5.11 Å². The SMILES string of the molecule is CC(=O)O[C@@H]1[C@@H](O)[C@H](O)[C@@H](O)C[C@H]1O. The molecule has 1 aliphatic carbocycles. The lowest BCUT2D eigenvalue weighted by Gasteiger charge is -2.37. The lowest BCUT2D eigenvalue weighted by Crippen LogP contribution is -2.57. The predicted octanol–water partition coefficient (Wildman–Crippen LogP) is -2.23. The lowest BCUT2D eigenvalue weighted by atomic mass is 9.87. The summed E-state index contributed by atoms with van der Waals surface area (Å²) in [5.41, 5.74) is 0. The molecule has 0 aliphatic heterocycles. The van der Waals surface area contributed by atoms with Crippen LogP contribution in [0.5, 0.6) is 0 Å². The Kier molecular flexibility index (Phi) is 3.43. The number of carbonyl (C=O) groups is 1. The summed E-state index contributed by atoms with van der Waals surface area (Å²) in [6.45, 7) is 1.14. The van der Waals surface area contributed by atoms with Crippen LogP contribution in [0.1, 0.15) is 13.3 Å². The molecule has 0 saturated heterocycles. The number of rotatable bonds is 1. The largest absolute Gasteiger partial charge is 0.457 e. The highest BCUT2D eigenvalue weighted by Crippen LogP contribution is 2.23. The molecule has 0 heterocycles. The Morgan fingerprint density at radius 3 is 2.21 bits per heavy atom. The van der Waals surface area contributed by atoms with E-state index in [0.29, 0.717) is 0 Å². The van der Waals surface area contributed by atoms with Crippen LogP contribution in [0.15, 0.2) is 0 Å². The molecule has 0 aromatic carbocycles. The number of esters is 1. The van der Waals surface area contributed by atoms with Gasteiger partial charge in [0.25, 0.3) is 0 Å². The zero-order valence-corrected chi connectivity index (χ0v) is 7.70. The molecule has 0 unspecified atom stereocenters. The topological polar surface area (TPSA) is 107 Å². The molecule has 1 rings (SSSR count). The van der Waals surface area contributed by atoms with Gasteiger partial charge < -0.3 is 25.2 Å². The van der Waals surface area contributed by atoms with Gasteiger partial charge in [-0.3, -0.25) is 4.79 Å². The highest BCUT2D eigenvalue weighted by Gasteiger charge is 2.44. The zero-order chi connectivity index (χ0) is 10.9. The number of aliphatic hydroxyl groups is 4. The predicted molar refractivity (Wildman–Crippen MR) is 44.2 cm³/mol. The summed E-state index contributed by atoms with van der Waals surface area (Å²) in [7, 11) is 0. The molecule has 82 valence electrons. The summed E-state index contributed by atoms with van der Waals surface area (Å²) >= 11 is 0. The normalized spacial score (nSPS) is 43.4. The number of aliphatic hydroxyl groups excluding tert-OH is 4. The van der Waals surface area contributed by atoms with E-state index in [0.717, 1.165) is 6.92 Å². The van der Waals surface area contributed by atoms with Gasteiger partial charge in [-0.1, -0.05) is 0 Å². The molecular formula is C8H14O6. The van der Waals surface area contributed by atoms with Crippen LogP contribution >= 0.6 is 0 Å². The molecule has 1 fully saturated rings. The average molecular weight is 206 g/mol. The second kappa shape index (κ2) is 4.22. The Labute approximate surface area is 80.7 Å². The Bertz CT molecular complexity index is 218. The van der Waals surface area contributed by atoms with Crippen LogP contribution in [-0.4, -0.2) is 56.9 Å². The van der Waals surface area contributed by atoms with Gasteiger partial charge in [-0.15, -0.1) is 0 Å². The fourth-order valence-electron chi connectivity index (χ4n) is 1.51. The summed E-state index contributed by atoms with van der Waals surface area (Å²) in [5.74, 6) is -0.656. The van der Waals surface area contributed by atoms with Gasteiger partial charge in [-0.25, -0.2) is 0 Å². The van der Waals surface area contributed by atoms with Crippen LogP contribution in [0.3, 0.4) is 0 Å². The van der Waals surface area contributed by atoms with Gasteiger partial charge in [0.05, 0.1) is 12.2 Å². The van der Waals surface area contributed by atoms with Gasteiger partial charge in [0, 0.05) is 13.3 Å². The molecule has 0 spiro atoms. The molecule has 0 amide bonds. The van der Waals surface area contributed by atoms with E-state index in [1.54, 1.807) is 0 Å². The van der Waals surface area contributed by atoms with Crippen LogP contribution in [0.4, 0.5) is 0 Å². The van der Waals surface area contributed by atoms with E-state index in [1.165, 1.54) is 0 Å². The zero-order valence-electron chi connectivity index (χ0n) is 7.70. The van der Waals surface area contributed by atoms with Crippen molar-refractivity contribution in [2.75, 3.05) is 0 Å². The van der Waals surface area contributed by atoms with Crippen molar-refractivity contribution in [1.82, 2.24) is 0 Å². The van der Waals surface area contributed by atoms with E-state index in [2.05, 4.69) is 4.74 Å². The first-order valence-corrected chi connectivity index (χ1v) is 4.33. The molecule has 1 saturated carbocycles. The lowest BCUT2D eigenvalue weighted by molar-refractivity contribution is -0.198. The third-order valence-electron chi connectivity index (χ3n) is 2.25. The first kappa shape index (κ1) is 11.4. The molecule has 6 heteroatoms. The number of hydrogen-bond donors (Lipinski definition) is 4. The number of carbonyl (C=O) groups excluding carboxylic acids is 1. The van der Waals surface area contributed by atoms with Crippen molar-refractivity contribution in [3.8, 4) is 0 Å². The summed E-state index contributed by atoms with van der Waals surface area (Å²) in [6, 6.07) is 0. The van der Waals surface area contributed by atoms with E-state index >= 15 is 0 Å². The molecule has 0 aromatic rings. The first-order valence-electron chi connectivity index (χ1n) is 4.33. The minimum Gasteiger partial charge on any atom is -0.457 e. The van der Waals surface area contributed by atoms with Gasteiger partial charge in [0.2, 0.25) is 0 Å². The van der Waals surface area contributed by atoms with E-state index in [-0.39, 0.29) is 6.42 Å². The fourth-order valence-corrected chi connectivity index (χ4v) is 1.51. The second-order valence-corrected chi connectivity index (χ2v) is 3.43. The fraction of sp³-hybridized carbons (Fsp3) is 0.875. The Balaban J connectivity index is 2.68. The number of hydrogen-bond acceptors (Lipinski definition) is 6. The van der Waals surface area contributed by atoms with Crippen LogP contribution in [0.2, 0.25) is 0 Å². The van der Waals surface area contributed by atoms with Crippen LogP contribution in [0, 0.1) is 0 Å². The highest BCUT2D eigenvalue weighted by atomic mass is 16.6.